The summed E-state index contributed by atoms with van der Waals surface area (Å²) >= 11 is 4.68. The Bertz CT molecular complexity index is 581. The topological polar surface area (TPSA) is 12.0 Å². The van der Waals surface area contributed by atoms with Crippen LogP contribution in [0.2, 0.25) is 0 Å². The highest BCUT2D eigenvalue weighted by Gasteiger charge is 2.35. The van der Waals surface area contributed by atoms with Crippen molar-refractivity contribution < 1.29 is 13.2 Å². The summed E-state index contributed by atoms with van der Waals surface area (Å²) in [5, 5.41) is 5.10. The van der Waals surface area contributed by atoms with Crippen molar-refractivity contribution in [3.8, 4) is 0 Å². The summed E-state index contributed by atoms with van der Waals surface area (Å²) in [5.41, 5.74) is -0.291. The van der Waals surface area contributed by atoms with Crippen LogP contribution in [0.1, 0.15) is 29.0 Å². The third-order valence-electron chi connectivity index (χ3n) is 3.13. The van der Waals surface area contributed by atoms with Gasteiger partial charge >= 0.3 is 6.18 Å². The summed E-state index contributed by atoms with van der Waals surface area (Å²) in [4.78, 5) is 1.07. The predicted octanol–water partition coefficient (Wildman–Crippen LogP) is 5.42. The van der Waals surface area contributed by atoms with Gasteiger partial charge in [-0.05, 0) is 35.7 Å². The summed E-state index contributed by atoms with van der Waals surface area (Å²) in [6.07, 6.45) is -3.81. The van der Waals surface area contributed by atoms with Crippen molar-refractivity contribution in [2.24, 2.45) is 0 Å². The van der Waals surface area contributed by atoms with Gasteiger partial charge in [0.05, 0.1) is 5.56 Å². The zero-order valence-electron chi connectivity index (χ0n) is 11.4. The summed E-state index contributed by atoms with van der Waals surface area (Å²) < 4.78 is 40.2. The molecule has 1 atom stereocenters. The molecule has 2 aromatic rings. The zero-order chi connectivity index (χ0) is 15.5. The van der Waals surface area contributed by atoms with Crippen molar-refractivity contribution >= 4 is 27.3 Å². The molecule has 21 heavy (non-hydrogen) atoms. The Kier molecular flexibility index (Phi) is 5.46. The second-order valence-electron chi connectivity index (χ2n) is 4.62. The van der Waals surface area contributed by atoms with Gasteiger partial charge in [0, 0.05) is 21.8 Å². The molecule has 1 N–H and O–H groups in total. The monoisotopic (exact) mass is 377 g/mol. The molecule has 0 saturated heterocycles. The number of thiophene rings is 1. The van der Waals surface area contributed by atoms with Crippen molar-refractivity contribution in [2.45, 2.75) is 25.6 Å². The van der Waals surface area contributed by atoms with Crippen LogP contribution in [0.3, 0.4) is 0 Å². The van der Waals surface area contributed by atoms with E-state index in [2.05, 4.69) is 21.2 Å². The smallest absolute Gasteiger partial charge is 0.310 e. The van der Waals surface area contributed by atoms with Crippen LogP contribution in [-0.2, 0) is 12.6 Å². The maximum atomic E-state index is 13.3. The molecule has 0 aliphatic heterocycles. The van der Waals surface area contributed by atoms with Crippen molar-refractivity contribution in [3.05, 3.63) is 56.2 Å². The van der Waals surface area contributed by atoms with E-state index in [1.54, 1.807) is 23.5 Å². The highest BCUT2D eigenvalue weighted by atomic mass is 79.9. The van der Waals surface area contributed by atoms with Crippen molar-refractivity contribution in [1.29, 1.82) is 0 Å². The quantitative estimate of drug-likeness (QED) is 0.732. The summed E-state index contributed by atoms with van der Waals surface area (Å²) in [5.74, 6) is 0. The minimum atomic E-state index is -4.36. The van der Waals surface area contributed by atoms with E-state index in [0.717, 1.165) is 10.9 Å². The van der Waals surface area contributed by atoms with Crippen LogP contribution >= 0.6 is 27.3 Å². The third-order valence-corrected chi connectivity index (χ3v) is 4.52. The second kappa shape index (κ2) is 6.94. The van der Waals surface area contributed by atoms with Crippen molar-refractivity contribution in [2.75, 3.05) is 6.54 Å². The Hall–Kier alpha value is -0.850. The molecule has 6 heteroatoms. The molecule has 0 aliphatic rings. The first-order valence-corrected chi connectivity index (χ1v) is 8.21. The zero-order valence-corrected chi connectivity index (χ0v) is 13.8. The van der Waals surface area contributed by atoms with Gasteiger partial charge in [0.25, 0.3) is 0 Å². The van der Waals surface area contributed by atoms with E-state index in [-0.39, 0.29) is 6.04 Å². The largest absolute Gasteiger partial charge is 0.416 e. The van der Waals surface area contributed by atoms with Crippen LogP contribution in [0, 0.1) is 0 Å². The summed E-state index contributed by atoms with van der Waals surface area (Å²) in [7, 11) is 0. The lowest BCUT2D eigenvalue weighted by Crippen LogP contribution is -2.25. The number of halogens is 4. The minimum absolute atomic E-state index is 0.293. The van der Waals surface area contributed by atoms with Gasteiger partial charge in [0.15, 0.2) is 0 Å². The van der Waals surface area contributed by atoms with Gasteiger partial charge in [-0.3, -0.25) is 0 Å². The van der Waals surface area contributed by atoms with E-state index < -0.39 is 11.7 Å². The van der Waals surface area contributed by atoms with Crippen molar-refractivity contribution in [1.82, 2.24) is 5.32 Å². The molecule has 1 aromatic heterocycles. The van der Waals surface area contributed by atoms with Crippen molar-refractivity contribution in [3.63, 3.8) is 0 Å². The Morgan fingerprint density at radius 3 is 2.62 bits per heavy atom. The van der Waals surface area contributed by atoms with Gasteiger partial charge in [0.2, 0.25) is 0 Å². The molecular weight excluding hydrogens is 363 g/mol. The fraction of sp³-hybridized carbons (Fsp3) is 0.333. The normalized spacial score (nSPS) is 13.4. The van der Waals surface area contributed by atoms with E-state index in [0.29, 0.717) is 23.0 Å². The maximum absolute atomic E-state index is 13.3. The van der Waals surface area contributed by atoms with Crippen LogP contribution in [0.5, 0.6) is 0 Å². The number of likely N-dealkylation sites (N-methyl/N-ethyl adjacent to an activating group) is 1. The fourth-order valence-electron chi connectivity index (χ4n) is 2.25. The molecule has 0 radical (unpaired) electrons. The molecule has 1 aromatic carbocycles. The molecule has 114 valence electrons. The first kappa shape index (κ1) is 16.5. The molecule has 0 bridgehead atoms. The number of nitrogens with one attached hydrogen (secondary N) is 1. The van der Waals surface area contributed by atoms with Gasteiger partial charge in [-0.25, -0.2) is 0 Å². The standard InChI is InChI=1S/C15H15BrF3NS/c1-2-20-14(9-11-4-3-7-21-11)12-6-5-10(16)8-13(12)15(17,18)19/h3-8,14,20H,2,9H2,1H3. The first-order valence-electron chi connectivity index (χ1n) is 6.54. The average molecular weight is 378 g/mol. The molecule has 0 fully saturated rings. The summed E-state index contributed by atoms with van der Waals surface area (Å²) in [6, 6.07) is 7.86. The molecule has 1 unspecified atom stereocenters. The SMILES string of the molecule is CCNC(Cc1cccs1)c1ccc(Br)cc1C(F)(F)F. The molecule has 0 spiro atoms. The van der Waals surface area contributed by atoms with Crippen LogP contribution in [0.25, 0.3) is 0 Å². The number of rotatable bonds is 5. The maximum Gasteiger partial charge on any atom is 0.416 e. The Balaban J connectivity index is 2.40. The van der Waals surface area contributed by atoms with Gasteiger partial charge in [-0.1, -0.05) is 35.0 Å². The Morgan fingerprint density at radius 1 is 1.29 bits per heavy atom. The molecule has 0 amide bonds. The lowest BCUT2D eigenvalue weighted by Gasteiger charge is -2.22. The van der Waals surface area contributed by atoms with Crippen LogP contribution in [0.4, 0.5) is 13.2 Å². The number of benzene rings is 1. The number of hydrogen-bond acceptors (Lipinski definition) is 2. The van der Waals surface area contributed by atoms with Crippen LogP contribution in [-0.4, -0.2) is 6.54 Å². The van der Waals surface area contributed by atoms with Gasteiger partial charge in [-0.2, -0.15) is 13.2 Å². The van der Waals surface area contributed by atoms with Gasteiger partial charge in [-0.15, -0.1) is 11.3 Å². The Labute approximate surface area is 134 Å². The molecule has 1 nitrogen and oxygen atoms in total. The summed E-state index contributed by atoms with van der Waals surface area (Å²) in [6.45, 7) is 2.51. The molecule has 0 aliphatic carbocycles. The molecule has 0 saturated carbocycles. The lowest BCUT2D eigenvalue weighted by molar-refractivity contribution is -0.138. The van der Waals surface area contributed by atoms with Crippen LogP contribution in [0.15, 0.2) is 40.2 Å². The lowest BCUT2D eigenvalue weighted by atomic mass is 9.97. The fourth-order valence-corrected chi connectivity index (χ4v) is 3.36. The van der Waals surface area contributed by atoms with E-state index in [1.165, 1.54) is 0 Å². The molecule has 2 rings (SSSR count). The van der Waals surface area contributed by atoms with Gasteiger partial charge in [0.1, 0.15) is 0 Å². The Morgan fingerprint density at radius 2 is 2.05 bits per heavy atom. The highest BCUT2D eigenvalue weighted by molar-refractivity contribution is 9.10. The second-order valence-corrected chi connectivity index (χ2v) is 6.57. The van der Waals surface area contributed by atoms with Crippen LogP contribution < -0.4 is 5.32 Å². The van der Waals surface area contributed by atoms with E-state index in [4.69, 9.17) is 0 Å². The third kappa shape index (κ3) is 4.31. The molecular formula is C15H15BrF3NS. The minimum Gasteiger partial charge on any atom is -0.310 e. The average Bonchev–Trinajstić information content (AvgIpc) is 2.90. The van der Waals surface area contributed by atoms with E-state index in [9.17, 15) is 13.2 Å². The highest BCUT2D eigenvalue weighted by Crippen LogP contribution is 2.37. The van der Waals surface area contributed by atoms with E-state index in [1.807, 2.05) is 24.4 Å². The first-order chi connectivity index (χ1) is 9.91. The van der Waals surface area contributed by atoms with E-state index >= 15 is 0 Å². The predicted molar refractivity (Wildman–Crippen MR) is 83.6 cm³/mol. The van der Waals surface area contributed by atoms with Gasteiger partial charge < -0.3 is 5.32 Å². The number of alkyl halides is 3. The number of hydrogen-bond donors (Lipinski definition) is 1. The molecule has 1 heterocycles.